The number of rotatable bonds is 3. The Hall–Kier alpha value is -2.23. The maximum absolute atomic E-state index is 12.9. The van der Waals surface area contributed by atoms with Gasteiger partial charge in [0.25, 0.3) is 10.0 Å². The highest BCUT2D eigenvalue weighted by Gasteiger charge is 2.29. The van der Waals surface area contributed by atoms with Gasteiger partial charge in [-0.2, -0.15) is 9.40 Å². The third-order valence-electron chi connectivity index (χ3n) is 4.67. The standard InChI is InChI=1S/C16H17ClN6O2S/c1-11-18-8-16(21(11)2)26(24,25)22-5-3-12(4-6-22)13-7-15-19-10-20-23(15)9-14(13)17/h3,7-10H,4-6H2,1-2H3. The van der Waals surface area contributed by atoms with Crippen LogP contribution in [0.3, 0.4) is 0 Å². The van der Waals surface area contributed by atoms with Gasteiger partial charge in [-0.05, 0) is 25.0 Å². The third kappa shape index (κ3) is 2.72. The zero-order valence-electron chi connectivity index (χ0n) is 14.3. The molecule has 0 saturated carbocycles. The van der Waals surface area contributed by atoms with Gasteiger partial charge >= 0.3 is 0 Å². The van der Waals surface area contributed by atoms with Crippen LogP contribution in [-0.4, -0.2) is 50.0 Å². The van der Waals surface area contributed by atoms with Gasteiger partial charge in [-0.1, -0.05) is 17.7 Å². The summed E-state index contributed by atoms with van der Waals surface area (Å²) >= 11 is 6.37. The summed E-state index contributed by atoms with van der Waals surface area (Å²) in [4.78, 5) is 8.26. The SMILES string of the molecule is Cc1ncc(S(=O)(=O)N2CC=C(c3cc4ncnn4cc3Cl)CC2)n1C. The first kappa shape index (κ1) is 17.2. The molecular weight excluding hydrogens is 376 g/mol. The minimum Gasteiger partial charge on any atom is -0.321 e. The number of halogens is 1. The fourth-order valence-corrected chi connectivity index (χ4v) is 4.85. The lowest BCUT2D eigenvalue weighted by Crippen LogP contribution is -2.35. The van der Waals surface area contributed by atoms with E-state index >= 15 is 0 Å². The topological polar surface area (TPSA) is 85.4 Å². The number of imidazole rings is 1. The van der Waals surface area contributed by atoms with E-state index in [-0.39, 0.29) is 11.6 Å². The van der Waals surface area contributed by atoms with Crippen LogP contribution >= 0.6 is 11.6 Å². The molecule has 4 heterocycles. The van der Waals surface area contributed by atoms with E-state index in [0.717, 1.165) is 11.1 Å². The summed E-state index contributed by atoms with van der Waals surface area (Å²) in [6.07, 6.45) is 7.05. The molecular formula is C16H17ClN6O2S. The zero-order chi connectivity index (χ0) is 18.5. The van der Waals surface area contributed by atoms with E-state index in [2.05, 4.69) is 15.1 Å². The second-order valence-corrected chi connectivity index (χ2v) is 8.43. The van der Waals surface area contributed by atoms with Crippen molar-refractivity contribution in [3.8, 4) is 0 Å². The van der Waals surface area contributed by atoms with Crippen LogP contribution in [0.5, 0.6) is 0 Å². The number of hydrogen-bond acceptors (Lipinski definition) is 5. The number of aryl methyl sites for hydroxylation is 1. The highest BCUT2D eigenvalue weighted by molar-refractivity contribution is 7.89. The van der Waals surface area contributed by atoms with Gasteiger partial charge in [-0.25, -0.2) is 22.9 Å². The average Bonchev–Trinajstić information content (AvgIpc) is 3.21. The molecule has 0 spiro atoms. The molecule has 0 unspecified atom stereocenters. The molecule has 0 N–H and O–H groups in total. The fourth-order valence-electron chi connectivity index (χ4n) is 3.05. The first-order valence-corrected chi connectivity index (χ1v) is 9.86. The number of pyridine rings is 1. The van der Waals surface area contributed by atoms with Crippen LogP contribution in [0.25, 0.3) is 11.2 Å². The van der Waals surface area contributed by atoms with Crippen LogP contribution in [0.15, 0.2) is 35.9 Å². The molecule has 0 aromatic carbocycles. The maximum Gasteiger partial charge on any atom is 0.260 e. The summed E-state index contributed by atoms with van der Waals surface area (Å²) in [5.41, 5.74) is 2.57. The van der Waals surface area contributed by atoms with Gasteiger partial charge in [0, 0.05) is 25.7 Å². The molecule has 0 fully saturated rings. The number of nitrogens with zero attached hydrogens (tertiary/aromatic N) is 6. The van der Waals surface area contributed by atoms with Gasteiger partial charge in [0.2, 0.25) is 0 Å². The Morgan fingerprint density at radius 2 is 2.08 bits per heavy atom. The second-order valence-electron chi connectivity index (χ2n) is 6.14. The van der Waals surface area contributed by atoms with Crippen molar-refractivity contribution in [2.75, 3.05) is 13.1 Å². The first-order valence-electron chi connectivity index (χ1n) is 8.04. The lowest BCUT2D eigenvalue weighted by molar-refractivity contribution is 0.435. The van der Waals surface area contributed by atoms with Crippen LogP contribution in [-0.2, 0) is 17.1 Å². The lowest BCUT2D eigenvalue weighted by Gasteiger charge is -2.26. The van der Waals surface area contributed by atoms with Gasteiger partial charge in [0.05, 0.1) is 17.4 Å². The normalized spacial score (nSPS) is 16.2. The van der Waals surface area contributed by atoms with Gasteiger partial charge in [-0.3, -0.25) is 0 Å². The van der Waals surface area contributed by atoms with E-state index in [0.29, 0.717) is 29.5 Å². The van der Waals surface area contributed by atoms with Crippen molar-refractivity contribution in [1.82, 2.24) is 28.5 Å². The van der Waals surface area contributed by atoms with E-state index in [1.165, 1.54) is 16.8 Å². The van der Waals surface area contributed by atoms with Gasteiger partial charge < -0.3 is 4.57 Å². The van der Waals surface area contributed by atoms with Gasteiger partial charge in [0.15, 0.2) is 10.7 Å². The maximum atomic E-state index is 12.9. The van der Waals surface area contributed by atoms with Crippen molar-refractivity contribution in [3.05, 3.63) is 47.3 Å². The first-order chi connectivity index (χ1) is 12.4. The Morgan fingerprint density at radius 1 is 1.27 bits per heavy atom. The Kier molecular flexibility index (Phi) is 4.09. The summed E-state index contributed by atoms with van der Waals surface area (Å²) in [6.45, 7) is 2.44. The summed E-state index contributed by atoms with van der Waals surface area (Å²) in [6, 6.07) is 1.87. The Balaban J connectivity index is 1.63. The summed E-state index contributed by atoms with van der Waals surface area (Å²) in [7, 11) is -1.88. The highest BCUT2D eigenvalue weighted by atomic mass is 35.5. The molecule has 3 aromatic rings. The van der Waals surface area contributed by atoms with Crippen molar-refractivity contribution >= 4 is 32.8 Å². The Bertz CT molecular complexity index is 1130. The molecule has 0 atom stereocenters. The third-order valence-corrected chi connectivity index (χ3v) is 6.89. The summed E-state index contributed by atoms with van der Waals surface area (Å²) in [5, 5.41) is 4.83. The van der Waals surface area contributed by atoms with Crippen LogP contribution in [0.4, 0.5) is 0 Å². The number of aromatic nitrogens is 5. The number of sulfonamides is 1. The molecule has 8 nitrogen and oxygen atoms in total. The highest BCUT2D eigenvalue weighted by Crippen LogP contribution is 2.31. The van der Waals surface area contributed by atoms with Crippen LogP contribution in [0.1, 0.15) is 17.8 Å². The van der Waals surface area contributed by atoms with Gasteiger partial charge in [0.1, 0.15) is 12.2 Å². The lowest BCUT2D eigenvalue weighted by atomic mass is 10.0. The Morgan fingerprint density at radius 3 is 2.73 bits per heavy atom. The summed E-state index contributed by atoms with van der Waals surface area (Å²) < 4.78 is 30.4. The predicted octanol–water partition coefficient (Wildman–Crippen LogP) is 1.90. The molecule has 1 aliphatic rings. The number of fused-ring (bicyclic) bond motifs is 1. The molecule has 0 radical (unpaired) electrons. The van der Waals surface area contributed by atoms with Crippen molar-refractivity contribution in [3.63, 3.8) is 0 Å². The van der Waals surface area contributed by atoms with Crippen LogP contribution in [0, 0.1) is 6.92 Å². The molecule has 0 amide bonds. The second kappa shape index (κ2) is 6.19. The van der Waals surface area contributed by atoms with Crippen LogP contribution < -0.4 is 0 Å². The molecule has 3 aromatic heterocycles. The molecule has 0 bridgehead atoms. The van der Waals surface area contributed by atoms with E-state index < -0.39 is 10.0 Å². The molecule has 4 rings (SSSR count). The van der Waals surface area contributed by atoms with Crippen LogP contribution in [0.2, 0.25) is 5.02 Å². The van der Waals surface area contributed by atoms with Crippen molar-refractivity contribution in [2.24, 2.45) is 7.05 Å². The van der Waals surface area contributed by atoms with E-state index in [9.17, 15) is 8.42 Å². The van der Waals surface area contributed by atoms with E-state index in [4.69, 9.17) is 11.6 Å². The molecule has 1 aliphatic heterocycles. The molecule has 10 heteroatoms. The van der Waals surface area contributed by atoms with Crippen molar-refractivity contribution in [1.29, 1.82) is 0 Å². The molecule has 136 valence electrons. The number of hydrogen-bond donors (Lipinski definition) is 0. The quantitative estimate of drug-likeness (QED) is 0.679. The fraction of sp³-hybridized carbons (Fsp3) is 0.312. The Labute approximate surface area is 155 Å². The summed E-state index contributed by atoms with van der Waals surface area (Å²) in [5.74, 6) is 0.658. The minimum absolute atomic E-state index is 0.203. The van der Waals surface area contributed by atoms with E-state index in [1.807, 2.05) is 12.1 Å². The minimum atomic E-state index is -3.58. The average molecular weight is 393 g/mol. The zero-order valence-corrected chi connectivity index (χ0v) is 15.9. The smallest absolute Gasteiger partial charge is 0.260 e. The van der Waals surface area contributed by atoms with E-state index in [1.54, 1.807) is 29.3 Å². The van der Waals surface area contributed by atoms with Crippen molar-refractivity contribution in [2.45, 2.75) is 18.4 Å². The molecule has 0 aliphatic carbocycles. The van der Waals surface area contributed by atoms with Crippen molar-refractivity contribution < 1.29 is 8.42 Å². The molecule has 0 saturated heterocycles. The monoisotopic (exact) mass is 392 g/mol. The molecule has 26 heavy (non-hydrogen) atoms. The largest absolute Gasteiger partial charge is 0.321 e. The van der Waals surface area contributed by atoms with Gasteiger partial charge in [-0.15, -0.1) is 0 Å². The predicted molar refractivity (Wildman–Crippen MR) is 97.3 cm³/mol.